The molecule has 122 valence electrons. The third kappa shape index (κ3) is 3.60. The van der Waals surface area contributed by atoms with E-state index >= 15 is 0 Å². The van der Waals surface area contributed by atoms with Crippen molar-refractivity contribution in [2.75, 3.05) is 5.73 Å². The Morgan fingerprint density at radius 2 is 1.59 bits per heavy atom. The van der Waals surface area contributed by atoms with Crippen LogP contribution in [0.3, 0.4) is 0 Å². The maximum Gasteiger partial charge on any atom is 0.184 e. The molecule has 0 bridgehead atoms. The highest BCUT2D eigenvalue weighted by Crippen LogP contribution is 2.40. The van der Waals surface area contributed by atoms with Crippen molar-refractivity contribution in [2.24, 2.45) is 0 Å². The Bertz CT molecular complexity index is 599. The lowest BCUT2D eigenvalue weighted by Gasteiger charge is -2.38. The van der Waals surface area contributed by atoms with Crippen molar-refractivity contribution in [3.05, 3.63) is 20.2 Å². The van der Waals surface area contributed by atoms with Gasteiger partial charge in [0.15, 0.2) is 11.0 Å². The molecular formula is C16H23ClFIN2Si. The van der Waals surface area contributed by atoms with Crippen molar-refractivity contribution >= 4 is 48.0 Å². The molecule has 0 saturated heterocycles. The van der Waals surface area contributed by atoms with Crippen LogP contribution in [0.2, 0.25) is 21.8 Å². The summed E-state index contributed by atoms with van der Waals surface area (Å²) >= 11 is 7.78. The topological polar surface area (TPSA) is 38.9 Å². The average Bonchev–Trinajstić information content (AvgIpc) is 2.41. The van der Waals surface area contributed by atoms with E-state index in [0.717, 1.165) is 0 Å². The second-order valence-electron chi connectivity index (χ2n) is 6.44. The fourth-order valence-corrected chi connectivity index (χ4v) is 9.09. The summed E-state index contributed by atoms with van der Waals surface area (Å²) in [5, 5.41) is -0.215. The molecule has 1 rings (SSSR count). The molecule has 1 aromatic rings. The zero-order valence-corrected chi connectivity index (χ0v) is 17.8. The van der Waals surface area contributed by atoms with E-state index in [2.05, 4.69) is 58.0 Å². The highest BCUT2D eigenvalue weighted by Gasteiger charge is 2.41. The highest BCUT2D eigenvalue weighted by molar-refractivity contribution is 14.1. The molecule has 1 heterocycles. The standard InChI is InChI=1S/C16H23ClFIN2Si/c1-9(2)22(10(3)4,11(5)6)8-7-12-14(19)15(20)13(18)16(17)21-12/h9-11H,1-6H3,(H2,20,21). The molecule has 0 fully saturated rings. The van der Waals surface area contributed by atoms with E-state index in [1.807, 2.05) is 22.6 Å². The molecular weight excluding hydrogens is 430 g/mol. The lowest BCUT2D eigenvalue weighted by molar-refractivity contribution is 0.625. The number of nitrogens with zero attached hydrogens (tertiary/aromatic N) is 1. The average molecular weight is 453 g/mol. The van der Waals surface area contributed by atoms with E-state index in [-0.39, 0.29) is 10.8 Å². The Labute approximate surface area is 152 Å². The van der Waals surface area contributed by atoms with Crippen LogP contribution in [0, 0.1) is 20.9 Å². The van der Waals surface area contributed by atoms with Crippen LogP contribution in [0.1, 0.15) is 47.2 Å². The molecule has 0 aliphatic carbocycles. The number of pyridine rings is 1. The van der Waals surface area contributed by atoms with E-state index in [4.69, 9.17) is 17.3 Å². The van der Waals surface area contributed by atoms with E-state index in [0.29, 0.717) is 25.9 Å². The van der Waals surface area contributed by atoms with Crippen molar-refractivity contribution in [2.45, 2.75) is 58.2 Å². The fraction of sp³-hybridized carbons (Fsp3) is 0.562. The predicted molar refractivity (Wildman–Crippen MR) is 104 cm³/mol. The number of hydrogen-bond acceptors (Lipinski definition) is 2. The number of rotatable bonds is 3. The minimum absolute atomic E-state index is 0.0239. The van der Waals surface area contributed by atoms with Crippen LogP contribution in [-0.4, -0.2) is 13.1 Å². The van der Waals surface area contributed by atoms with Crippen molar-refractivity contribution in [1.82, 2.24) is 4.98 Å². The summed E-state index contributed by atoms with van der Waals surface area (Å²) in [6, 6.07) is 0. The third-order valence-electron chi connectivity index (χ3n) is 4.34. The minimum atomic E-state index is -1.86. The van der Waals surface area contributed by atoms with E-state index in [1.165, 1.54) is 0 Å². The van der Waals surface area contributed by atoms with Gasteiger partial charge in [-0.1, -0.05) is 59.1 Å². The lowest BCUT2D eigenvalue weighted by atomic mass is 10.3. The van der Waals surface area contributed by atoms with Crippen LogP contribution < -0.4 is 5.73 Å². The quantitative estimate of drug-likeness (QED) is 0.279. The first-order valence-corrected chi connectivity index (χ1v) is 11.1. The van der Waals surface area contributed by atoms with E-state index in [9.17, 15) is 4.39 Å². The van der Waals surface area contributed by atoms with Crippen LogP contribution in [0.25, 0.3) is 0 Å². The zero-order chi connectivity index (χ0) is 17.2. The molecule has 2 N–H and O–H groups in total. The van der Waals surface area contributed by atoms with Crippen molar-refractivity contribution in [3.8, 4) is 11.5 Å². The summed E-state index contributed by atoms with van der Waals surface area (Å²) in [7, 11) is -1.86. The maximum absolute atomic E-state index is 13.7. The lowest BCUT2D eigenvalue weighted by Crippen LogP contribution is -2.43. The Balaban J connectivity index is 3.49. The predicted octanol–water partition coefficient (Wildman–Crippen LogP) is 5.63. The molecule has 0 radical (unpaired) electrons. The van der Waals surface area contributed by atoms with Gasteiger partial charge in [0.05, 0.1) is 9.26 Å². The molecule has 0 spiro atoms. The van der Waals surface area contributed by atoms with Crippen molar-refractivity contribution < 1.29 is 4.39 Å². The summed E-state index contributed by atoms with van der Waals surface area (Å²) in [5.74, 6) is 2.50. The fourth-order valence-electron chi connectivity index (χ4n) is 3.21. The van der Waals surface area contributed by atoms with Gasteiger partial charge in [-0.25, -0.2) is 9.37 Å². The third-order valence-corrected chi connectivity index (χ3v) is 12.0. The van der Waals surface area contributed by atoms with Gasteiger partial charge < -0.3 is 5.73 Å². The van der Waals surface area contributed by atoms with Crippen molar-refractivity contribution in [3.63, 3.8) is 0 Å². The Kier molecular flexibility index (Phi) is 6.72. The van der Waals surface area contributed by atoms with Gasteiger partial charge in [-0.15, -0.1) is 5.54 Å². The van der Waals surface area contributed by atoms with Gasteiger partial charge in [0.1, 0.15) is 13.8 Å². The Morgan fingerprint density at radius 1 is 1.14 bits per heavy atom. The van der Waals surface area contributed by atoms with Crippen LogP contribution in [0.15, 0.2) is 0 Å². The molecule has 0 saturated carbocycles. The van der Waals surface area contributed by atoms with Gasteiger partial charge in [0.2, 0.25) is 0 Å². The van der Waals surface area contributed by atoms with Gasteiger partial charge in [-0.2, -0.15) is 0 Å². The number of halogens is 3. The normalized spacial score (nSPS) is 12.0. The molecule has 0 aliphatic heterocycles. The molecule has 1 aromatic heterocycles. The van der Waals surface area contributed by atoms with Crippen LogP contribution in [0.4, 0.5) is 10.1 Å². The Morgan fingerprint density at radius 3 is 2.00 bits per heavy atom. The first-order chi connectivity index (χ1) is 10.1. The molecule has 6 heteroatoms. The molecule has 0 aromatic carbocycles. The van der Waals surface area contributed by atoms with E-state index < -0.39 is 13.9 Å². The van der Waals surface area contributed by atoms with Crippen LogP contribution in [0.5, 0.6) is 0 Å². The van der Waals surface area contributed by atoms with Gasteiger partial charge in [0.25, 0.3) is 0 Å². The van der Waals surface area contributed by atoms with Gasteiger partial charge in [-0.05, 0) is 39.2 Å². The smallest absolute Gasteiger partial charge is 0.184 e. The first kappa shape index (κ1) is 19.7. The first-order valence-electron chi connectivity index (χ1n) is 7.38. The Hall–Kier alpha value is -0.323. The summed E-state index contributed by atoms with van der Waals surface area (Å²) in [5.41, 5.74) is 11.3. The molecule has 0 atom stereocenters. The van der Waals surface area contributed by atoms with Gasteiger partial charge in [0, 0.05) is 0 Å². The summed E-state index contributed by atoms with van der Waals surface area (Å²) in [6.07, 6.45) is 0. The number of hydrogen-bond donors (Lipinski definition) is 1. The minimum Gasteiger partial charge on any atom is -0.395 e. The largest absolute Gasteiger partial charge is 0.395 e. The number of nitrogens with two attached hydrogens (primary N) is 1. The summed E-state index contributed by atoms with van der Waals surface area (Å²) in [4.78, 5) is 4.07. The van der Waals surface area contributed by atoms with Gasteiger partial charge in [-0.3, -0.25) is 0 Å². The van der Waals surface area contributed by atoms with Crippen LogP contribution >= 0.6 is 34.2 Å². The van der Waals surface area contributed by atoms with Crippen LogP contribution in [-0.2, 0) is 0 Å². The summed E-state index contributed by atoms with van der Waals surface area (Å²) in [6.45, 7) is 13.4. The SMILES string of the molecule is CC(C)[Si](C#Cc1nc(Cl)c(F)c(N)c1I)(C(C)C)C(C)C. The monoisotopic (exact) mass is 452 g/mol. The second-order valence-corrected chi connectivity index (χ2v) is 13.5. The van der Waals surface area contributed by atoms with Crippen molar-refractivity contribution in [1.29, 1.82) is 0 Å². The number of nitrogen functional groups attached to an aromatic ring is 1. The summed E-state index contributed by atoms with van der Waals surface area (Å²) < 4.78 is 14.2. The maximum atomic E-state index is 13.7. The molecule has 0 amide bonds. The number of anilines is 1. The van der Waals surface area contributed by atoms with Gasteiger partial charge >= 0.3 is 0 Å². The van der Waals surface area contributed by atoms with E-state index in [1.54, 1.807) is 0 Å². The molecule has 2 nitrogen and oxygen atoms in total. The molecule has 0 aliphatic rings. The molecule has 0 unspecified atom stereocenters. The molecule has 22 heavy (non-hydrogen) atoms. The number of aromatic nitrogens is 1. The zero-order valence-electron chi connectivity index (χ0n) is 13.9. The highest BCUT2D eigenvalue weighted by atomic mass is 127. The second kappa shape index (κ2) is 7.50.